The minimum absolute atomic E-state index is 0.0568. The third kappa shape index (κ3) is 4.01. The van der Waals surface area contributed by atoms with Gasteiger partial charge in [0.2, 0.25) is 0 Å². The minimum atomic E-state index is -1.29. The number of ketones is 1. The van der Waals surface area contributed by atoms with Gasteiger partial charge in [-0.25, -0.2) is 8.78 Å². The number of rotatable bonds is 2. The Morgan fingerprint density at radius 1 is 1.05 bits per heavy atom. The fourth-order valence-electron chi connectivity index (χ4n) is 7.83. The highest BCUT2D eigenvalue weighted by Gasteiger charge is 2.62. The highest BCUT2D eigenvalue weighted by Crippen LogP contribution is 2.66. The standard InChI is InChI=1S/C33H32F2O3/c1-32-19-29(21-4-3-5-26(17-21)38-2)31-27-9-7-25(36)16-22(27)6-8-28(31)30(32)11-13-33(32,37)12-10-20-14-23(34)18-24(35)15-20/h3-5,14-18,28-30,37H,6-9,11,13,19H2,1-2H3/t28-,29+,30-,32-,33-/m0/s1. The molecule has 4 aliphatic rings. The first-order valence-corrected chi connectivity index (χ1v) is 13.5. The molecule has 3 nitrogen and oxygen atoms in total. The Hall–Kier alpha value is -3.23. The lowest BCUT2D eigenvalue weighted by Gasteiger charge is -2.53. The van der Waals surface area contributed by atoms with E-state index in [4.69, 9.17) is 4.74 Å². The summed E-state index contributed by atoms with van der Waals surface area (Å²) in [5.41, 5.74) is 3.52. The molecular weight excluding hydrogens is 482 g/mol. The van der Waals surface area contributed by atoms with Gasteiger partial charge in [-0.15, -0.1) is 0 Å². The average Bonchev–Trinajstić information content (AvgIpc) is 3.16. The summed E-state index contributed by atoms with van der Waals surface area (Å²) in [7, 11) is 1.66. The van der Waals surface area contributed by atoms with Crippen molar-refractivity contribution in [2.24, 2.45) is 17.3 Å². The molecule has 0 amide bonds. The molecule has 2 fully saturated rings. The molecule has 0 bridgehead atoms. The molecule has 38 heavy (non-hydrogen) atoms. The lowest BCUT2D eigenvalue weighted by atomic mass is 9.51. The molecule has 0 spiro atoms. The van der Waals surface area contributed by atoms with Crippen LogP contribution in [0.4, 0.5) is 8.78 Å². The van der Waals surface area contributed by atoms with Gasteiger partial charge >= 0.3 is 0 Å². The Balaban J connectivity index is 1.47. The molecule has 2 aromatic carbocycles. The van der Waals surface area contributed by atoms with Gasteiger partial charge in [0.05, 0.1) is 7.11 Å². The van der Waals surface area contributed by atoms with E-state index in [-0.39, 0.29) is 29.1 Å². The SMILES string of the molecule is COc1cccc([C@H]2C[C@@]3(C)[C@@H](CC[C@@]3(O)C#Cc3cc(F)cc(F)c3)[C@@H]3CCC4=CC(=O)CCC4=C32)c1. The predicted molar refractivity (Wildman–Crippen MR) is 141 cm³/mol. The Morgan fingerprint density at radius 3 is 2.61 bits per heavy atom. The summed E-state index contributed by atoms with van der Waals surface area (Å²) in [5, 5.41) is 12.1. The molecule has 0 heterocycles. The number of fused-ring (bicyclic) bond motifs is 4. The van der Waals surface area contributed by atoms with E-state index in [2.05, 4.69) is 30.9 Å². The average molecular weight is 515 g/mol. The van der Waals surface area contributed by atoms with Crippen LogP contribution in [-0.2, 0) is 4.79 Å². The van der Waals surface area contributed by atoms with E-state index in [1.807, 2.05) is 18.2 Å². The topological polar surface area (TPSA) is 46.5 Å². The van der Waals surface area contributed by atoms with Crippen molar-refractivity contribution in [3.8, 4) is 17.6 Å². The van der Waals surface area contributed by atoms with E-state index in [1.54, 1.807) is 7.11 Å². The lowest BCUT2D eigenvalue weighted by Crippen LogP contribution is -2.51. The maximum absolute atomic E-state index is 13.8. The Bertz CT molecular complexity index is 1420. The van der Waals surface area contributed by atoms with Crippen LogP contribution in [0.3, 0.4) is 0 Å². The second-order valence-corrected chi connectivity index (χ2v) is 11.6. The quantitative estimate of drug-likeness (QED) is 0.456. The van der Waals surface area contributed by atoms with Crippen LogP contribution in [0.1, 0.15) is 68.9 Å². The molecule has 6 rings (SSSR count). The maximum atomic E-state index is 13.8. The molecule has 1 N–H and O–H groups in total. The van der Waals surface area contributed by atoms with Crippen molar-refractivity contribution in [1.82, 2.24) is 0 Å². The van der Waals surface area contributed by atoms with Crippen molar-refractivity contribution < 1.29 is 23.4 Å². The van der Waals surface area contributed by atoms with Crippen molar-refractivity contribution >= 4 is 5.78 Å². The van der Waals surface area contributed by atoms with E-state index in [1.165, 1.54) is 28.9 Å². The number of ether oxygens (including phenoxy) is 1. The largest absolute Gasteiger partial charge is 0.497 e. The number of carbonyl (C=O) groups is 1. The van der Waals surface area contributed by atoms with Gasteiger partial charge < -0.3 is 9.84 Å². The second kappa shape index (κ2) is 9.20. The van der Waals surface area contributed by atoms with Gasteiger partial charge in [0.1, 0.15) is 23.0 Å². The van der Waals surface area contributed by atoms with E-state index in [0.717, 1.165) is 43.1 Å². The van der Waals surface area contributed by atoms with Crippen LogP contribution >= 0.6 is 0 Å². The summed E-state index contributed by atoms with van der Waals surface area (Å²) in [6.07, 6.45) is 7.04. The Labute approximate surface area is 222 Å². The third-order valence-electron chi connectivity index (χ3n) is 9.66. The van der Waals surface area contributed by atoms with Gasteiger partial charge in [-0.3, -0.25) is 4.79 Å². The Morgan fingerprint density at radius 2 is 1.84 bits per heavy atom. The number of methoxy groups -OCH3 is 1. The van der Waals surface area contributed by atoms with E-state index >= 15 is 0 Å². The molecule has 196 valence electrons. The second-order valence-electron chi connectivity index (χ2n) is 11.6. The number of benzene rings is 2. The zero-order valence-corrected chi connectivity index (χ0v) is 21.8. The molecule has 0 unspecified atom stereocenters. The van der Waals surface area contributed by atoms with Crippen LogP contribution in [0.2, 0.25) is 0 Å². The van der Waals surface area contributed by atoms with E-state index in [0.29, 0.717) is 19.3 Å². The molecule has 4 aliphatic carbocycles. The fraction of sp³-hybridized carbons (Fsp3) is 0.424. The van der Waals surface area contributed by atoms with Gasteiger partial charge in [0.25, 0.3) is 0 Å². The first kappa shape index (κ1) is 25.1. The minimum Gasteiger partial charge on any atom is -0.497 e. The summed E-state index contributed by atoms with van der Waals surface area (Å²) in [5.74, 6) is 6.21. The number of hydrogen-bond donors (Lipinski definition) is 1. The van der Waals surface area contributed by atoms with E-state index in [9.17, 15) is 18.7 Å². The summed E-state index contributed by atoms with van der Waals surface area (Å²) in [6.45, 7) is 2.15. The first-order valence-electron chi connectivity index (χ1n) is 13.5. The highest BCUT2D eigenvalue weighted by atomic mass is 19.1. The van der Waals surface area contributed by atoms with Gasteiger partial charge in [-0.05, 0) is 97.4 Å². The highest BCUT2D eigenvalue weighted by molar-refractivity contribution is 5.93. The first-order chi connectivity index (χ1) is 18.2. The van der Waals surface area contributed by atoms with Gasteiger partial charge in [0, 0.05) is 29.4 Å². The van der Waals surface area contributed by atoms with Crippen LogP contribution in [0.5, 0.6) is 5.75 Å². The number of halogens is 2. The van der Waals surface area contributed by atoms with Crippen molar-refractivity contribution in [2.45, 2.75) is 63.4 Å². The molecular formula is C33H32F2O3. The number of carbonyl (C=O) groups excluding carboxylic acids is 1. The number of hydrogen-bond acceptors (Lipinski definition) is 3. The van der Waals surface area contributed by atoms with Gasteiger partial charge in [-0.2, -0.15) is 0 Å². The number of aliphatic hydroxyl groups is 1. The molecule has 5 heteroatoms. The maximum Gasteiger partial charge on any atom is 0.156 e. The lowest BCUT2D eigenvalue weighted by molar-refractivity contribution is -0.114. The summed E-state index contributed by atoms with van der Waals surface area (Å²) in [4.78, 5) is 12.3. The predicted octanol–water partition coefficient (Wildman–Crippen LogP) is 6.66. The normalized spacial score (nSPS) is 32.0. The smallest absolute Gasteiger partial charge is 0.156 e. The molecule has 0 radical (unpaired) electrons. The fourth-order valence-corrected chi connectivity index (χ4v) is 7.83. The Kier molecular flexibility index (Phi) is 6.07. The summed E-state index contributed by atoms with van der Waals surface area (Å²) >= 11 is 0. The zero-order chi connectivity index (χ0) is 26.7. The molecule has 2 aromatic rings. The van der Waals surface area contributed by atoms with Crippen molar-refractivity contribution in [1.29, 1.82) is 0 Å². The van der Waals surface area contributed by atoms with Crippen molar-refractivity contribution in [2.75, 3.05) is 7.11 Å². The number of allylic oxidation sites excluding steroid dienone is 4. The van der Waals surface area contributed by atoms with Crippen LogP contribution in [-0.4, -0.2) is 23.6 Å². The molecule has 5 atom stereocenters. The van der Waals surface area contributed by atoms with Crippen LogP contribution in [0.15, 0.2) is 65.3 Å². The van der Waals surface area contributed by atoms with Gasteiger partial charge in [-0.1, -0.05) is 36.5 Å². The molecule has 0 aliphatic heterocycles. The van der Waals surface area contributed by atoms with Crippen LogP contribution in [0, 0.1) is 40.7 Å². The van der Waals surface area contributed by atoms with Gasteiger partial charge in [0.15, 0.2) is 5.78 Å². The van der Waals surface area contributed by atoms with Crippen LogP contribution < -0.4 is 4.74 Å². The third-order valence-corrected chi connectivity index (χ3v) is 9.66. The summed E-state index contributed by atoms with van der Waals surface area (Å²) in [6, 6.07) is 11.4. The summed E-state index contributed by atoms with van der Waals surface area (Å²) < 4.78 is 33.2. The molecule has 0 aromatic heterocycles. The monoisotopic (exact) mass is 514 g/mol. The molecule has 2 saturated carbocycles. The zero-order valence-electron chi connectivity index (χ0n) is 21.8. The van der Waals surface area contributed by atoms with Crippen molar-refractivity contribution in [3.63, 3.8) is 0 Å². The van der Waals surface area contributed by atoms with Crippen LogP contribution in [0.25, 0.3) is 0 Å². The van der Waals surface area contributed by atoms with Crippen molar-refractivity contribution in [3.05, 3.63) is 88.0 Å². The van der Waals surface area contributed by atoms with E-state index < -0.39 is 22.7 Å². The molecule has 0 saturated heterocycles.